The molecule has 2 atom stereocenters. The Labute approximate surface area is 67.1 Å². The molecule has 1 N–H and O–H groups in total. The van der Waals surface area contributed by atoms with Crippen LogP contribution in [0, 0.1) is 0 Å². The lowest BCUT2D eigenvalue weighted by atomic mass is 10.1. The summed E-state index contributed by atoms with van der Waals surface area (Å²) in [6.45, 7) is 5.37. The minimum atomic E-state index is -0.205. The number of ketones is 1. The first-order valence-corrected chi connectivity index (χ1v) is 4.13. The van der Waals surface area contributed by atoms with Crippen LogP contribution in [0.5, 0.6) is 0 Å². The first-order chi connectivity index (χ1) is 5.24. The van der Waals surface area contributed by atoms with Crippen LogP contribution in [0.1, 0.15) is 20.3 Å². The Kier molecular flexibility index (Phi) is 3.02. The minimum absolute atomic E-state index is 0.171. The Morgan fingerprint density at radius 2 is 2.36 bits per heavy atom. The fourth-order valence-corrected chi connectivity index (χ4v) is 1.21. The van der Waals surface area contributed by atoms with Gasteiger partial charge in [0, 0.05) is 19.5 Å². The molecule has 0 amide bonds. The lowest BCUT2D eigenvalue weighted by molar-refractivity contribution is -0.135. The zero-order valence-corrected chi connectivity index (χ0v) is 7.09. The molecule has 0 aromatic rings. The van der Waals surface area contributed by atoms with Gasteiger partial charge in [0.25, 0.3) is 0 Å². The normalized spacial score (nSPS) is 31.8. The molecule has 1 aliphatic rings. The molecule has 1 saturated heterocycles. The smallest absolute Gasteiger partial charge is 0.162 e. The molecule has 64 valence electrons. The molecular formula is C8H15NO2. The van der Waals surface area contributed by atoms with E-state index in [0.29, 0.717) is 13.0 Å². The topological polar surface area (TPSA) is 38.3 Å². The Morgan fingerprint density at radius 1 is 1.64 bits per heavy atom. The number of carbonyl (C=O) groups is 1. The number of Topliss-reactive ketones (excluding diaryl/α,β-unsaturated/α-hetero) is 1. The van der Waals surface area contributed by atoms with Gasteiger partial charge in [0.05, 0.1) is 6.10 Å². The second kappa shape index (κ2) is 3.83. The van der Waals surface area contributed by atoms with Crippen molar-refractivity contribution in [2.45, 2.75) is 32.5 Å². The van der Waals surface area contributed by atoms with Gasteiger partial charge in [-0.25, -0.2) is 0 Å². The zero-order valence-electron chi connectivity index (χ0n) is 7.09. The van der Waals surface area contributed by atoms with Crippen molar-refractivity contribution in [3.63, 3.8) is 0 Å². The number of hydrogen-bond donors (Lipinski definition) is 1. The molecule has 0 saturated carbocycles. The first kappa shape index (κ1) is 8.68. The van der Waals surface area contributed by atoms with Crippen LogP contribution in [-0.4, -0.2) is 31.1 Å². The van der Waals surface area contributed by atoms with Crippen LogP contribution in [0.4, 0.5) is 0 Å². The SMILES string of the molecule is CCC(=O)[C@H]1CNC[C@@H](C)O1. The summed E-state index contributed by atoms with van der Waals surface area (Å²) in [7, 11) is 0. The van der Waals surface area contributed by atoms with E-state index in [0.717, 1.165) is 6.54 Å². The maximum absolute atomic E-state index is 11.1. The lowest BCUT2D eigenvalue weighted by Crippen LogP contribution is -2.46. The highest BCUT2D eigenvalue weighted by Crippen LogP contribution is 2.05. The molecule has 3 nitrogen and oxygen atoms in total. The van der Waals surface area contributed by atoms with Gasteiger partial charge in [0.1, 0.15) is 6.10 Å². The van der Waals surface area contributed by atoms with Crippen molar-refractivity contribution in [1.82, 2.24) is 5.32 Å². The van der Waals surface area contributed by atoms with Crippen molar-refractivity contribution in [3.05, 3.63) is 0 Å². The summed E-state index contributed by atoms with van der Waals surface area (Å²) in [4.78, 5) is 11.1. The van der Waals surface area contributed by atoms with Gasteiger partial charge in [0.2, 0.25) is 0 Å². The van der Waals surface area contributed by atoms with Crippen molar-refractivity contribution >= 4 is 5.78 Å². The molecule has 0 spiro atoms. The predicted molar refractivity (Wildman–Crippen MR) is 42.5 cm³/mol. The van der Waals surface area contributed by atoms with E-state index in [1.807, 2.05) is 13.8 Å². The van der Waals surface area contributed by atoms with Crippen LogP contribution in [-0.2, 0) is 9.53 Å². The molecular weight excluding hydrogens is 142 g/mol. The van der Waals surface area contributed by atoms with E-state index in [2.05, 4.69) is 5.32 Å². The number of nitrogens with one attached hydrogen (secondary N) is 1. The first-order valence-electron chi connectivity index (χ1n) is 4.13. The molecule has 0 unspecified atom stereocenters. The van der Waals surface area contributed by atoms with Gasteiger partial charge in [0.15, 0.2) is 5.78 Å². The summed E-state index contributed by atoms with van der Waals surface area (Å²) in [5.74, 6) is 0.198. The van der Waals surface area contributed by atoms with Crippen LogP contribution < -0.4 is 5.32 Å². The van der Waals surface area contributed by atoms with Crippen LogP contribution in [0.2, 0.25) is 0 Å². The summed E-state index contributed by atoms with van der Waals surface area (Å²) < 4.78 is 5.43. The zero-order chi connectivity index (χ0) is 8.27. The third-order valence-corrected chi connectivity index (χ3v) is 1.87. The molecule has 0 radical (unpaired) electrons. The Balaban J connectivity index is 2.39. The highest BCUT2D eigenvalue weighted by molar-refractivity contribution is 5.83. The van der Waals surface area contributed by atoms with Gasteiger partial charge in [-0.15, -0.1) is 0 Å². The number of hydrogen-bond acceptors (Lipinski definition) is 3. The van der Waals surface area contributed by atoms with Crippen LogP contribution in [0.3, 0.4) is 0 Å². The van der Waals surface area contributed by atoms with Gasteiger partial charge in [-0.1, -0.05) is 6.92 Å². The van der Waals surface area contributed by atoms with Crippen molar-refractivity contribution in [2.75, 3.05) is 13.1 Å². The molecule has 0 aromatic carbocycles. The predicted octanol–water partition coefficient (Wildman–Crippen LogP) is 0.342. The monoisotopic (exact) mass is 157 g/mol. The molecule has 11 heavy (non-hydrogen) atoms. The van der Waals surface area contributed by atoms with E-state index in [1.54, 1.807) is 0 Å². The summed E-state index contributed by atoms with van der Waals surface area (Å²) in [5.41, 5.74) is 0. The van der Waals surface area contributed by atoms with Gasteiger partial charge < -0.3 is 10.1 Å². The summed E-state index contributed by atoms with van der Waals surface area (Å²) >= 11 is 0. The molecule has 3 heteroatoms. The molecule has 0 bridgehead atoms. The van der Waals surface area contributed by atoms with Crippen molar-refractivity contribution in [2.24, 2.45) is 0 Å². The largest absolute Gasteiger partial charge is 0.365 e. The van der Waals surface area contributed by atoms with E-state index < -0.39 is 0 Å². The van der Waals surface area contributed by atoms with Gasteiger partial charge >= 0.3 is 0 Å². The minimum Gasteiger partial charge on any atom is -0.365 e. The van der Waals surface area contributed by atoms with Crippen LogP contribution in [0.15, 0.2) is 0 Å². The maximum atomic E-state index is 11.1. The van der Waals surface area contributed by atoms with Crippen LogP contribution >= 0.6 is 0 Å². The maximum Gasteiger partial charge on any atom is 0.162 e. The van der Waals surface area contributed by atoms with E-state index in [-0.39, 0.29) is 18.0 Å². The van der Waals surface area contributed by atoms with Crippen molar-refractivity contribution in [1.29, 1.82) is 0 Å². The third kappa shape index (κ3) is 2.27. The molecule has 1 rings (SSSR count). The summed E-state index contributed by atoms with van der Waals surface area (Å²) in [6, 6.07) is 0. The number of carbonyl (C=O) groups excluding carboxylic acids is 1. The Hall–Kier alpha value is -0.410. The van der Waals surface area contributed by atoms with Crippen LogP contribution in [0.25, 0.3) is 0 Å². The second-order valence-electron chi connectivity index (χ2n) is 2.91. The van der Waals surface area contributed by atoms with E-state index >= 15 is 0 Å². The highest BCUT2D eigenvalue weighted by Gasteiger charge is 2.23. The van der Waals surface area contributed by atoms with Gasteiger partial charge in [-0.2, -0.15) is 0 Å². The molecule has 1 heterocycles. The highest BCUT2D eigenvalue weighted by atomic mass is 16.5. The van der Waals surface area contributed by atoms with E-state index in [4.69, 9.17) is 4.74 Å². The average Bonchev–Trinajstić information content (AvgIpc) is 2.03. The summed E-state index contributed by atoms with van der Waals surface area (Å²) in [6.07, 6.45) is 0.534. The summed E-state index contributed by atoms with van der Waals surface area (Å²) in [5, 5.41) is 3.15. The Bertz CT molecular complexity index is 147. The number of ether oxygens (including phenoxy) is 1. The Morgan fingerprint density at radius 3 is 2.91 bits per heavy atom. The third-order valence-electron chi connectivity index (χ3n) is 1.87. The van der Waals surface area contributed by atoms with E-state index in [1.165, 1.54) is 0 Å². The lowest BCUT2D eigenvalue weighted by Gasteiger charge is -2.27. The van der Waals surface area contributed by atoms with Crippen molar-refractivity contribution < 1.29 is 9.53 Å². The molecule has 1 aliphatic heterocycles. The average molecular weight is 157 g/mol. The standard InChI is InChI=1S/C8H15NO2/c1-3-7(10)8-5-9-4-6(2)11-8/h6,8-9H,3-5H2,1-2H3/t6-,8-/m1/s1. The molecule has 0 aromatic heterocycles. The van der Waals surface area contributed by atoms with Gasteiger partial charge in [-0.05, 0) is 6.92 Å². The molecule has 0 aliphatic carbocycles. The number of morpholine rings is 1. The fraction of sp³-hybridized carbons (Fsp3) is 0.875. The second-order valence-corrected chi connectivity index (χ2v) is 2.91. The van der Waals surface area contributed by atoms with Crippen molar-refractivity contribution in [3.8, 4) is 0 Å². The quantitative estimate of drug-likeness (QED) is 0.628. The molecule has 1 fully saturated rings. The van der Waals surface area contributed by atoms with E-state index in [9.17, 15) is 4.79 Å². The fourth-order valence-electron chi connectivity index (χ4n) is 1.21. The number of rotatable bonds is 2. The van der Waals surface area contributed by atoms with Gasteiger partial charge in [-0.3, -0.25) is 4.79 Å².